The maximum absolute atomic E-state index is 12.0. The molecule has 1 aliphatic heterocycles. The number of carbonyl (C=O) groups is 3. The molecular formula is C19H31NO5. The van der Waals surface area contributed by atoms with E-state index < -0.39 is 23.0 Å². The number of ether oxygens (including phenoxy) is 2. The van der Waals surface area contributed by atoms with Crippen LogP contribution in [0.2, 0.25) is 0 Å². The molecule has 0 aromatic heterocycles. The molecule has 1 amide bonds. The second kappa shape index (κ2) is 8.02. The molecule has 1 saturated heterocycles. The molecule has 0 saturated carbocycles. The molecule has 6 nitrogen and oxygen atoms in total. The lowest BCUT2D eigenvalue weighted by Gasteiger charge is -2.32. The highest BCUT2D eigenvalue weighted by Gasteiger charge is 2.28. The van der Waals surface area contributed by atoms with Gasteiger partial charge in [0, 0.05) is 18.7 Å². The summed E-state index contributed by atoms with van der Waals surface area (Å²) in [6.07, 6.45) is 3.03. The third-order valence-corrected chi connectivity index (χ3v) is 3.80. The van der Waals surface area contributed by atoms with Crippen molar-refractivity contribution in [3.05, 3.63) is 11.6 Å². The van der Waals surface area contributed by atoms with Crippen molar-refractivity contribution in [1.82, 2.24) is 4.90 Å². The van der Waals surface area contributed by atoms with Gasteiger partial charge >= 0.3 is 18.0 Å². The normalized spacial score (nSPS) is 17.2. The lowest BCUT2D eigenvalue weighted by Crippen LogP contribution is -2.41. The Morgan fingerprint density at radius 2 is 1.52 bits per heavy atom. The van der Waals surface area contributed by atoms with Crippen LogP contribution in [0.1, 0.15) is 61.3 Å². The zero-order valence-corrected chi connectivity index (χ0v) is 16.5. The van der Waals surface area contributed by atoms with Crippen molar-refractivity contribution in [3.8, 4) is 0 Å². The average Bonchev–Trinajstić information content (AvgIpc) is 2.44. The summed E-state index contributed by atoms with van der Waals surface area (Å²) in [4.78, 5) is 37.5. The first-order chi connectivity index (χ1) is 11.3. The first-order valence-corrected chi connectivity index (χ1v) is 8.72. The smallest absolute Gasteiger partial charge is 0.410 e. The molecule has 1 rings (SSSR count). The molecule has 0 N–H and O–H groups in total. The van der Waals surface area contributed by atoms with Crippen LogP contribution >= 0.6 is 0 Å². The Morgan fingerprint density at radius 3 is 1.96 bits per heavy atom. The number of likely N-dealkylation sites (tertiary alicyclic amines) is 1. The van der Waals surface area contributed by atoms with E-state index in [1.54, 1.807) is 32.6 Å². The second-order valence-corrected chi connectivity index (χ2v) is 8.58. The van der Waals surface area contributed by atoms with Crippen molar-refractivity contribution < 1.29 is 23.9 Å². The van der Waals surface area contributed by atoms with Crippen molar-refractivity contribution in [3.63, 3.8) is 0 Å². The lowest BCUT2D eigenvalue weighted by molar-refractivity contribution is -0.163. The summed E-state index contributed by atoms with van der Waals surface area (Å²) in [5.74, 6) is -0.963. The van der Waals surface area contributed by atoms with Gasteiger partial charge in [-0.05, 0) is 67.2 Å². The van der Waals surface area contributed by atoms with E-state index in [0.717, 1.165) is 12.8 Å². The Kier molecular flexibility index (Phi) is 6.80. The molecule has 0 aromatic rings. The standard InChI is InChI=1S/C19H31NO5/c1-13(15(21)24-16(22)18(2,3)4)12-14-8-10-20(11-9-14)17(23)25-19(5,6)7/h12,14H,8-11H2,1-7H3/b13-12+. The van der Waals surface area contributed by atoms with E-state index in [0.29, 0.717) is 18.7 Å². The Labute approximate surface area is 150 Å². The molecule has 0 atom stereocenters. The maximum Gasteiger partial charge on any atom is 0.410 e. The zero-order chi connectivity index (χ0) is 19.4. The van der Waals surface area contributed by atoms with E-state index in [1.807, 2.05) is 26.8 Å². The Balaban J connectivity index is 2.54. The van der Waals surface area contributed by atoms with Crippen LogP contribution in [0.25, 0.3) is 0 Å². The minimum Gasteiger partial charge on any atom is -0.444 e. The number of nitrogens with zero attached hydrogens (tertiary/aromatic N) is 1. The Morgan fingerprint density at radius 1 is 1.00 bits per heavy atom. The Bertz CT molecular complexity index is 543. The first kappa shape index (κ1) is 21.2. The van der Waals surface area contributed by atoms with Crippen molar-refractivity contribution in [2.75, 3.05) is 13.1 Å². The van der Waals surface area contributed by atoms with Crippen LogP contribution < -0.4 is 0 Å². The van der Waals surface area contributed by atoms with Gasteiger partial charge in [-0.2, -0.15) is 0 Å². The maximum atomic E-state index is 12.0. The summed E-state index contributed by atoms with van der Waals surface area (Å²) in [6.45, 7) is 13.4. The molecule has 0 aliphatic carbocycles. The molecular weight excluding hydrogens is 322 g/mol. The van der Waals surface area contributed by atoms with Crippen LogP contribution in [-0.4, -0.2) is 41.6 Å². The van der Waals surface area contributed by atoms with Gasteiger partial charge in [0.15, 0.2) is 0 Å². The lowest BCUT2D eigenvalue weighted by atomic mass is 9.94. The summed E-state index contributed by atoms with van der Waals surface area (Å²) in [6, 6.07) is 0. The molecule has 25 heavy (non-hydrogen) atoms. The summed E-state index contributed by atoms with van der Waals surface area (Å²) >= 11 is 0. The molecule has 0 bridgehead atoms. The van der Waals surface area contributed by atoms with E-state index in [-0.39, 0.29) is 12.0 Å². The SMILES string of the molecule is C/C(=C\C1CCN(C(=O)OC(C)(C)C)CC1)C(=O)OC(=O)C(C)(C)C. The van der Waals surface area contributed by atoms with E-state index in [2.05, 4.69) is 0 Å². The van der Waals surface area contributed by atoms with Gasteiger partial charge in [-0.1, -0.05) is 6.08 Å². The van der Waals surface area contributed by atoms with Gasteiger partial charge in [-0.3, -0.25) is 4.79 Å². The first-order valence-electron chi connectivity index (χ1n) is 8.72. The summed E-state index contributed by atoms with van der Waals surface area (Å²) in [7, 11) is 0. The van der Waals surface area contributed by atoms with Crippen LogP contribution in [0.4, 0.5) is 4.79 Å². The van der Waals surface area contributed by atoms with Crippen molar-refractivity contribution in [2.45, 2.75) is 66.9 Å². The highest BCUT2D eigenvalue weighted by Crippen LogP contribution is 2.23. The Hall–Kier alpha value is -1.85. The summed E-state index contributed by atoms with van der Waals surface area (Å²) in [5.41, 5.74) is -0.795. The van der Waals surface area contributed by atoms with E-state index in [9.17, 15) is 14.4 Å². The molecule has 1 aliphatic rings. The van der Waals surface area contributed by atoms with Crippen LogP contribution in [0, 0.1) is 11.3 Å². The number of esters is 2. The number of carbonyl (C=O) groups excluding carboxylic acids is 3. The van der Waals surface area contributed by atoms with Crippen molar-refractivity contribution in [2.24, 2.45) is 11.3 Å². The van der Waals surface area contributed by atoms with Gasteiger partial charge < -0.3 is 14.4 Å². The fraction of sp³-hybridized carbons (Fsp3) is 0.737. The van der Waals surface area contributed by atoms with E-state index in [4.69, 9.17) is 9.47 Å². The third-order valence-electron chi connectivity index (χ3n) is 3.80. The van der Waals surface area contributed by atoms with Gasteiger partial charge in [0.1, 0.15) is 5.60 Å². The molecule has 142 valence electrons. The number of hydrogen-bond acceptors (Lipinski definition) is 5. The molecule has 1 fully saturated rings. The number of piperidine rings is 1. The molecule has 6 heteroatoms. The molecule has 0 spiro atoms. The van der Waals surface area contributed by atoms with E-state index in [1.165, 1.54) is 0 Å². The van der Waals surface area contributed by atoms with Crippen LogP contribution in [0.3, 0.4) is 0 Å². The number of allylic oxidation sites excluding steroid dienone is 1. The summed E-state index contributed by atoms with van der Waals surface area (Å²) < 4.78 is 10.3. The van der Waals surface area contributed by atoms with Crippen molar-refractivity contribution >= 4 is 18.0 Å². The van der Waals surface area contributed by atoms with Crippen LogP contribution in [0.15, 0.2) is 11.6 Å². The predicted octanol–water partition coefficient (Wildman–Crippen LogP) is 3.70. The monoisotopic (exact) mass is 353 g/mol. The molecule has 0 unspecified atom stereocenters. The number of rotatable bonds is 2. The minimum atomic E-state index is -0.714. The quantitative estimate of drug-likeness (QED) is 0.430. The summed E-state index contributed by atoms with van der Waals surface area (Å²) in [5, 5.41) is 0. The predicted molar refractivity (Wildman–Crippen MR) is 94.8 cm³/mol. The van der Waals surface area contributed by atoms with Gasteiger partial charge in [-0.25, -0.2) is 9.59 Å². The topological polar surface area (TPSA) is 72.9 Å². The van der Waals surface area contributed by atoms with Gasteiger partial charge in [0.05, 0.1) is 5.41 Å². The van der Waals surface area contributed by atoms with Crippen molar-refractivity contribution in [1.29, 1.82) is 0 Å². The zero-order valence-electron chi connectivity index (χ0n) is 16.5. The van der Waals surface area contributed by atoms with Crippen LogP contribution in [-0.2, 0) is 19.1 Å². The number of hydrogen-bond donors (Lipinski definition) is 0. The molecule has 1 heterocycles. The van der Waals surface area contributed by atoms with Gasteiger partial charge in [0.25, 0.3) is 0 Å². The highest BCUT2D eigenvalue weighted by atomic mass is 16.6. The van der Waals surface area contributed by atoms with Gasteiger partial charge in [0.2, 0.25) is 0 Å². The van der Waals surface area contributed by atoms with E-state index >= 15 is 0 Å². The third kappa shape index (κ3) is 7.28. The van der Waals surface area contributed by atoms with Crippen LogP contribution in [0.5, 0.6) is 0 Å². The largest absolute Gasteiger partial charge is 0.444 e. The second-order valence-electron chi connectivity index (χ2n) is 8.58. The average molecular weight is 353 g/mol. The fourth-order valence-electron chi connectivity index (χ4n) is 2.31. The minimum absolute atomic E-state index is 0.177. The highest BCUT2D eigenvalue weighted by molar-refractivity contribution is 5.97. The number of amides is 1. The molecule has 0 radical (unpaired) electrons. The fourth-order valence-corrected chi connectivity index (χ4v) is 2.31. The van der Waals surface area contributed by atoms with Gasteiger partial charge in [-0.15, -0.1) is 0 Å². The molecule has 0 aromatic carbocycles.